The zero-order valence-electron chi connectivity index (χ0n) is 5.46. The number of aliphatic hydroxyl groups is 1. The maximum atomic E-state index is 9.13. The summed E-state index contributed by atoms with van der Waals surface area (Å²) in [5.74, 6) is 0. The first-order chi connectivity index (χ1) is 3.72. The van der Waals surface area contributed by atoms with Crippen molar-refractivity contribution in [3.05, 3.63) is 0 Å². The highest BCUT2D eigenvalue weighted by atomic mass is 16.3. The average molecular weight is 115 g/mol. The van der Waals surface area contributed by atoms with Gasteiger partial charge in [-0.1, -0.05) is 0 Å². The van der Waals surface area contributed by atoms with Crippen molar-refractivity contribution in [2.45, 2.75) is 25.5 Å². The highest BCUT2D eigenvalue weighted by Crippen LogP contribution is 2.13. The summed E-state index contributed by atoms with van der Waals surface area (Å²) in [5.41, 5.74) is 0. The zero-order chi connectivity index (χ0) is 6.15. The lowest BCUT2D eigenvalue weighted by Gasteiger charge is -2.15. The Labute approximate surface area is 50.1 Å². The van der Waals surface area contributed by atoms with E-state index in [0.717, 1.165) is 13.0 Å². The van der Waals surface area contributed by atoms with Crippen LogP contribution in [0.25, 0.3) is 0 Å². The molecule has 0 aromatic rings. The molecule has 0 aliphatic carbocycles. The van der Waals surface area contributed by atoms with Crippen LogP contribution in [0, 0.1) is 0 Å². The van der Waals surface area contributed by atoms with E-state index in [1.165, 1.54) is 0 Å². The molecule has 48 valence electrons. The van der Waals surface area contributed by atoms with Crippen molar-refractivity contribution < 1.29 is 5.11 Å². The lowest BCUT2D eigenvalue weighted by atomic mass is 10.2. The molecule has 0 amide bonds. The predicted molar refractivity (Wildman–Crippen MR) is 32.7 cm³/mol. The Morgan fingerprint density at radius 3 is 2.38 bits per heavy atom. The van der Waals surface area contributed by atoms with E-state index >= 15 is 0 Å². The van der Waals surface area contributed by atoms with Gasteiger partial charge in [0, 0.05) is 12.6 Å². The van der Waals surface area contributed by atoms with Crippen molar-refractivity contribution in [3.63, 3.8) is 0 Å². The van der Waals surface area contributed by atoms with Gasteiger partial charge in [0.25, 0.3) is 0 Å². The van der Waals surface area contributed by atoms with Crippen LogP contribution >= 0.6 is 0 Å². The van der Waals surface area contributed by atoms with E-state index in [2.05, 4.69) is 11.8 Å². The van der Waals surface area contributed by atoms with Gasteiger partial charge in [-0.25, -0.2) is 0 Å². The fraction of sp³-hybridized carbons (Fsp3) is 1.00. The summed E-state index contributed by atoms with van der Waals surface area (Å²) < 4.78 is 0. The van der Waals surface area contributed by atoms with E-state index in [9.17, 15) is 0 Å². The Balaban J connectivity index is 2.44. The standard InChI is InChI=1S/C6H13NO/c1-5-6(8)3-4-7(5)2/h5-6,8H,3-4H2,1-2H3/t5-,6-/m0/s1. The van der Waals surface area contributed by atoms with Gasteiger partial charge in [-0.15, -0.1) is 0 Å². The van der Waals surface area contributed by atoms with Crippen LogP contribution in [0.2, 0.25) is 0 Å². The van der Waals surface area contributed by atoms with Gasteiger partial charge in [-0.2, -0.15) is 0 Å². The molecule has 1 aliphatic rings. The van der Waals surface area contributed by atoms with Crippen LogP contribution in [0.15, 0.2) is 0 Å². The van der Waals surface area contributed by atoms with Gasteiger partial charge in [-0.05, 0) is 20.4 Å². The van der Waals surface area contributed by atoms with E-state index in [4.69, 9.17) is 5.11 Å². The molecule has 2 atom stereocenters. The first-order valence-electron chi connectivity index (χ1n) is 3.10. The second-order valence-corrected chi connectivity index (χ2v) is 2.58. The smallest absolute Gasteiger partial charge is 0.0704 e. The van der Waals surface area contributed by atoms with Gasteiger partial charge in [0.1, 0.15) is 0 Å². The maximum absolute atomic E-state index is 9.13. The van der Waals surface area contributed by atoms with Crippen LogP contribution in [0.3, 0.4) is 0 Å². The molecular formula is C6H13NO. The first-order valence-corrected chi connectivity index (χ1v) is 3.10. The molecule has 0 radical (unpaired) electrons. The Bertz CT molecular complexity index is 74.6. The molecule has 0 saturated carbocycles. The SMILES string of the molecule is C[C@H]1[C@@H](O)CCN1C. The molecule has 1 fully saturated rings. The fourth-order valence-corrected chi connectivity index (χ4v) is 1.07. The molecule has 0 bridgehead atoms. The molecule has 0 spiro atoms. The molecule has 1 aliphatic heterocycles. The summed E-state index contributed by atoms with van der Waals surface area (Å²) >= 11 is 0. The number of nitrogens with zero attached hydrogens (tertiary/aromatic N) is 1. The zero-order valence-corrected chi connectivity index (χ0v) is 5.46. The minimum atomic E-state index is -0.0833. The summed E-state index contributed by atoms with van der Waals surface area (Å²) in [7, 11) is 2.04. The molecule has 2 heteroatoms. The lowest BCUT2D eigenvalue weighted by Crippen LogP contribution is -2.28. The number of hydrogen-bond donors (Lipinski definition) is 1. The number of rotatable bonds is 0. The summed E-state index contributed by atoms with van der Waals surface area (Å²) in [6.45, 7) is 3.10. The number of likely N-dealkylation sites (N-methyl/N-ethyl adjacent to an activating group) is 1. The molecule has 1 heterocycles. The molecule has 0 unspecified atom stereocenters. The molecule has 1 N–H and O–H groups in total. The van der Waals surface area contributed by atoms with Crippen molar-refractivity contribution in [1.29, 1.82) is 0 Å². The van der Waals surface area contributed by atoms with E-state index in [1.807, 2.05) is 7.05 Å². The number of likely N-dealkylation sites (tertiary alicyclic amines) is 1. The Hall–Kier alpha value is -0.0800. The quantitative estimate of drug-likeness (QED) is 0.483. The largest absolute Gasteiger partial charge is 0.391 e. The van der Waals surface area contributed by atoms with Crippen molar-refractivity contribution in [2.75, 3.05) is 13.6 Å². The molecular weight excluding hydrogens is 102 g/mol. The molecule has 1 saturated heterocycles. The molecule has 1 rings (SSSR count). The van der Waals surface area contributed by atoms with Crippen LogP contribution in [0.5, 0.6) is 0 Å². The Kier molecular flexibility index (Phi) is 1.54. The van der Waals surface area contributed by atoms with E-state index in [-0.39, 0.29) is 6.10 Å². The van der Waals surface area contributed by atoms with Gasteiger partial charge in [-0.3, -0.25) is 0 Å². The monoisotopic (exact) mass is 115 g/mol. The van der Waals surface area contributed by atoms with E-state index < -0.39 is 0 Å². The van der Waals surface area contributed by atoms with Gasteiger partial charge in [0.15, 0.2) is 0 Å². The number of hydrogen-bond acceptors (Lipinski definition) is 2. The van der Waals surface area contributed by atoms with E-state index in [0.29, 0.717) is 6.04 Å². The van der Waals surface area contributed by atoms with Crippen LogP contribution in [0.4, 0.5) is 0 Å². The van der Waals surface area contributed by atoms with Crippen LogP contribution in [-0.2, 0) is 0 Å². The van der Waals surface area contributed by atoms with Gasteiger partial charge in [0.05, 0.1) is 6.10 Å². The van der Waals surface area contributed by atoms with Crippen molar-refractivity contribution in [1.82, 2.24) is 4.90 Å². The lowest BCUT2D eigenvalue weighted by molar-refractivity contribution is 0.137. The van der Waals surface area contributed by atoms with Gasteiger partial charge < -0.3 is 10.0 Å². The van der Waals surface area contributed by atoms with Crippen LogP contribution in [0.1, 0.15) is 13.3 Å². The molecule has 8 heavy (non-hydrogen) atoms. The average Bonchev–Trinajstić information content (AvgIpc) is 1.98. The van der Waals surface area contributed by atoms with Crippen molar-refractivity contribution in [3.8, 4) is 0 Å². The third-order valence-corrected chi connectivity index (χ3v) is 2.03. The van der Waals surface area contributed by atoms with Crippen molar-refractivity contribution in [2.24, 2.45) is 0 Å². The second kappa shape index (κ2) is 2.03. The second-order valence-electron chi connectivity index (χ2n) is 2.58. The predicted octanol–water partition coefficient (Wildman–Crippen LogP) is 0.0713. The maximum Gasteiger partial charge on any atom is 0.0704 e. The first kappa shape index (κ1) is 6.05. The minimum absolute atomic E-state index is 0.0833. The minimum Gasteiger partial charge on any atom is -0.391 e. The Morgan fingerprint density at radius 1 is 1.62 bits per heavy atom. The summed E-state index contributed by atoms with van der Waals surface area (Å²) in [5, 5.41) is 9.13. The third kappa shape index (κ3) is 0.858. The molecule has 0 aromatic carbocycles. The van der Waals surface area contributed by atoms with Crippen LogP contribution < -0.4 is 0 Å². The third-order valence-electron chi connectivity index (χ3n) is 2.03. The highest BCUT2D eigenvalue weighted by molar-refractivity contribution is 4.80. The topological polar surface area (TPSA) is 23.5 Å². The summed E-state index contributed by atoms with van der Waals surface area (Å²) in [6.07, 6.45) is 0.859. The fourth-order valence-electron chi connectivity index (χ4n) is 1.07. The van der Waals surface area contributed by atoms with E-state index in [1.54, 1.807) is 0 Å². The van der Waals surface area contributed by atoms with Crippen LogP contribution in [-0.4, -0.2) is 35.7 Å². The number of aliphatic hydroxyl groups excluding tert-OH is 1. The summed E-state index contributed by atoms with van der Waals surface area (Å²) in [6, 6.07) is 0.370. The van der Waals surface area contributed by atoms with Crippen molar-refractivity contribution >= 4 is 0 Å². The van der Waals surface area contributed by atoms with Gasteiger partial charge in [0.2, 0.25) is 0 Å². The summed E-state index contributed by atoms with van der Waals surface area (Å²) in [4.78, 5) is 2.17. The molecule has 2 nitrogen and oxygen atoms in total. The highest BCUT2D eigenvalue weighted by Gasteiger charge is 2.25. The molecule has 0 aromatic heterocycles. The Morgan fingerprint density at radius 2 is 2.25 bits per heavy atom. The normalized spacial score (nSPS) is 40.9. The van der Waals surface area contributed by atoms with Gasteiger partial charge >= 0.3 is 0 Å².